The summed E-state index contributed by atoms with van der Waals surface area (Å²) in [7, 11) is 0. The number of hydrogen-bond donors (Lipinski definition) is 1. The van der Waals surface area contributed by atoms with Gasteiger partial charge in [0.15, 0.2) is 0 Å². The molecule has 0 atom stereocenters. The summed E-state index contributed by atoms with van der Waals surface area (Å²) in [6, 6.07) is 18.7. The molecule has 0 unspecified atom stereocenters. The first-order valence-electron chi connectivity index (χ1n) is 6.37. The third kappa shape index (κ3) is 1.71. The van der Waals surface area contributed by atoms with Crippen molar-refractivity contribution in [1.29, 1.82) is 0 Å². The van der Waals surface area contributed by atoms with Gasteiger partial charge in [-0.2, -0.15) is 0 Å². The molecule has 2 aromatic heterocycles. The van der Waals surface area contributed by atoms with Crippen molar-refractivity contribution in [1.82, 2.24) is 14.5 Å². The van der Waals surface area contributed by atoms with Gasteiger partial charge < -0.3 is 9.55 Å². The van der Waals surface area contributed by atoms with E-state index in [1.165, 1.54) is 22.1 Å². The summed E-state index contributed by atoms with van der Waals surface area (Å²) in [5.41, 5.74) is 4.59. The number of imidazole rings is 1. The van der Waals surface area contributed by atoms with Gasteiger partial charge in [-0.3, -0.25) is 0 Å². The molecule has 92 valence electrons. The molecule has 0 amide bonds. The zero-order chi connectivity index (χ0) is 12.7. The first-order valence-corrected chi connectivity index (χ1v) is 6.37. The zero-order valence-corrected chi connectivity index (χ0v) is 10.4. The van der Waals surface area contributed by atoms with E-state index in [9.17, 15) is 0 Å². The van der Waals surface area contributed by atoms with Crippen molar-refractivity contribution in [2.24, 2.45) is 0 Å². The van der Waals surface area contributed by atoms with Crippen LogP contribution in [0.3, 0.4) is 0 Å². The maximum Gasteiger partial charge on any atom is 0.0962 e. The lowest BCUT2D eigenvalue weighted by Crippen LogP contribution is -1.97. The van der Waals surface area contributed by atoms with Gasteiger partial charge in [0.1, 0.15) is 0 Å². The van der Waals surface area contributed by atoms with Crippen LogP contribution in [0.25, 0.3) is 21.9 Å². The van der Waals surface area contributed by atoms with Crippen LogP contribution >= 0.6 is 0 Å². The summed E-state index contributed by atoms with van der Waals surface area (Å²) in [5.74, 6) is 0. The predicted octanol–water partition coefficient (Wildman–Crippen LogP) is 3.57. The van der Waals surface area contributed by atoms with Crippen LogP contribution in [0.5, 0.6) is 0 Å². The van der Waals surface area contributed by atoms with Gasteiger partial charge in [0.2, 0.25) is 0 Å². The van der Waals surface area contributed by atoms with Gasteiger partial charge in [-0.25, -0.2) is 4.98 Å². The van der Waals surface area contributed by atoms with Crippen LogP contribution in [-0.4, -0.2) is 14.5 Å². The maximum atomic E-state index is 4.42. The van der Waals surface area contributed by atoms with E-state index in [4.69, 9.17) is 0 Å². The summed E-state index contributed by atoms with van der Waals surface area (Å²) < 4.78 is 2.17. The molecule has 3 nitrogen and oxygen atoms in total. The first kappa shape index (κ1) is 10.4. The highest BCUT2D eigenvalue weighted by atomic mass is 15.1. The summed E-state index contributed by atoms with van der Waals surface area (Å²) in [5, 5.41) is 1.25. The summed E-state index contributed by atoms with van der Waals surface area (Å²) >= 11 is 0. The molecule has 2 aromatic carbocycles. The highest BCUT2D eigenvalue weighted by Crippen LogP contribution is 2.18. The second kappa shape index (κ2) is 3.99. The minimum absolute atomic E-state index is 0.815. The Bertz CT molecular complexity index is 821. The standard InChI is InChI=1S/C16H13N3/c1-2-6-14-12(5-1)9-13(18-14)10-19-11-17-15-7-3-4-8-16(15)19/h1-9,11,18H,10H2. The smallest absolute Gasteiger partial charge is 0.0962 e. The fourth-order valence-electron chi connectivity index (χ4n) is 2.54. The number of hydrogen-bond acceptors (Lipinski definition) is 1. The topological polar surface area (TPSA) is 33.6 Å². The van der Waals surface area contributed by atoms with Crippen LogP contribution in [0.4, 0.5) is 0 Å². The number of nitrogens with zero attached hydrogens (tertiary/aromatic N) is 2. The second-order valence-electron chi connectivity index (χ2n) is 4.74. The van der Waals surface area contributed by atoms with Gasteiger partial charge >= 0.3 is 0 Å². The molecule has 2 heterocycles. The third-order valence-electron chi connectivity index (χ3n) is 3.45. The van der Waals surface area contributed by atoms with Crippen molar-refractivity contribution >= 4 is 21.9 Å². The van der Waals surface area contributed by atoms with Crippen LogP contribution in [-0.2, 0) is 6.54 Å². The van der Waals surface area contributed by atoms with E-state index in [0.717, 1.165) is 12.1 Å². The van der Waals surface area contributed by atoms with Gasteiger partial charge in [0, 0.05) is 11.2 Å². The lowest BCUT2D eigenvalue weighted by atomic mass is 10.2. The average Bonchev–Trinajstić information content (AvgIpc) is 3.03. The highest BCUT2D eigenvalue weighted by molar-refractivity contribution is 5.80. The Labute approximate surface area is 110 Å². The predicted molar refractivity (Wildman–Crippen MR) is 77.1 cm³/mol. The van der Waals surface area contributed by atoms with Gasteiger partial charge in [0.05, 0.1) is 23.9 Å². The van der Waals surface area contributed by atoms with Crippen molar-refractivity contribution in [3.05, 3.63) is 66.6 Å². The zero-order valence-electron chi connectivity index (χ0n) is 10.4. The minimum atomic E-state index is 0.815. The van der Waals surface area contributed by atoms with Crippen molar-refractivity contribution in [2.45, 2.75) is 6.54 Å². The number of fused-ring (bicyclic) bond motifs is 2. The van der Waals surface area contributed by atoms with Crippen molar-refractivity contribution < 1.29 is 0 Å². The lowest BCUT2D eigenvalue weighted by molar-refractivity contribution is 0.806. The summed E-state index contributed by atoms with van der Waals surface area (Å²) in [6.45, 7) is 0.815. The Hall–Kier alpha value is -2.55. The number of H-pyrrole nitrogens is 1. The average molecular weight is 247 g/mol. The van der Waals surface area contributed by atoms with Crippen LogP contribution in [0.1, 0.15) is 5.69 Å². The van der Waals surface area contributed by atoms with Crippen LogP contribution in [0.15, 0.2) is 60.9 Å². The number of aromatic nitrogens is 3. The molecule has 4 aromatic rings. The largest absolute Gasteiger partial charge is 0.357 e. The van der Waals surface area contributed by atoms with Crippen LogP contribution < -0.4 is 0 Å². The van der Waals surface area contributed by atoms with E-state index >= 15 is 0 Å². The molecule has 0 bridgehead atoms. The minimum Gasteiger partial charge on any atom is -0.357 e. The Morgan fingerprint density at radius 1 is 1.00 bits per heavy atom. The van der Waals surface area contributed by atoms with Crippen LogP contribution in [0.2, 0.25) is 0 Å². The van der Waals surface area contributed by atoms with Gasteiger partial charge in [-0.1, -0.05) is 30.3 Å². The number of nitrogens with one attached hydrogen (secondary N) is 1. The second-order valence-corrected chi connectivity index (χ2v) is 4.74. The van der Waals surface area contributed by atoms with Gasteiger partial charge in [0.25, 0.3) is 0 Å². The Morgan fingerprint density at radius 2 is 1.84 bits per heavy atom. The summed E-state index contributed by atoms with van der Waals surface area (Å²) in [6.07, 6.45) is 1.90. The number of benzene rings is 2. The van der Waals surface area contributed by atoms with Gasteiger partial charge in [-0.15, -0.1) is 0 Å². The molecular formula is C16H13N3. The molecule has 19 heavy (non-hydrogen) atoms. The number of aromatic amines is 1. The Kier molecular flexibility index (Phi) is 2.18. The molecular weight excluding hydrogens is 234 g/mol. The molecule has 0 saturated carbocycles. The Morgan fingerprint density at radius 3 is 2.79 bits per heavy atom. The van der Waals surface area contributed by atoms with E-state index in [0.29, 0.717) is 0 Å². The molecule has 0 aliphatic rings. The summed E-state index contributed by atoms with van der Waals surface area (Å²) in [4.78, 5) is 7.87. The molecule has 0 saturated heterocycles. The number of rotatable bonds is 2. The monoisotopic (exact) mass is 247 g/mol. The van der Waals surface area contributed by atoms with Crippen LogP contribution in [0, 0.1) is 0 Å². The third-order valence-corrected chi connectivity index (χ3v) is 3.45. The van der Waals surface area contributed by atoms with E-state index < -0.39 is 0 Å². The molecule has 0 aliphatic heterocycles. The van der Waals surface area contributed by atoms with Crippen molar-refractivity contribution in [3.63, 3.8) is 0 Å². The van der Waals surface area contributed by atoms with E-state index in [2.05, 4.69) is 50.9 Å². The van der Waals surface area contributed by atoms with E-state index in [1.54, 1.807) is 0 Å². The number of para-hydroxylation sites is 3. The van der Waals surface area contributed by atoms with Crippen molar-refractivity contribution in [3.8, 4) is 0 Å². The van der Waals surface area contributed by atoms with E-state index in [1.807, 2.05) is 24.5 Å². The van der Waals surface area contributed by atoms with E-state index in [-0.39, 0.29) is 0 Å². The quantitative estimate of drug-likeness (QED) is 0.577. The highest BCUT2D eigenvalue weighted by Gasteiger charge is 2.04. The first-order chi connectivity index (χ1) is 9.40. The van der Waals surface area contributed by atoms with Gasteiger partial charge in [-0.05, 0) is 29.7 Å². The SMILES string of the molecule is c1ccc2[nH]c(Cn3cnc4ccccc43)cc2c1. The maximum absolute atomic E-state index is 4.42. The molecule has 1 N–H and O–H groups in total. The Balaban J connectivity index is 1.78. The molecule has 3 heteroatoms. The van der Waals surface area contributed by atoms with Crippen molar-refractivity contribution in [2.75, 3.05) is 0 Å². The fraction of sp³-hybridized carbons (Fsp3) is 0.0625. The fourth-order valence-corrected chi connectivity index (χ4v) is 2.54. The molecule has 4 rings (SSSR count). The normalized spacial score (nSPS) is 11.4. The molecule has 0 spiro atoms. The molecule has 0 fully saturated rings. The lowest BCUT2D eigenvalue weighted by Gasteiger charge is -2.01. The molecule has 0 radical (unpaired) electrons. The molecule has 0 aliphatic carbocycles.